The molecular weight excluding hydrogens is 254 g/mol. The van der Waals surface area contributed by atoms with E-state index in [0.717, 1.165) is 25.4 Å². The van der Waals surface area contributed by atoms with Crippen molar-refractivity contribution in [3.63, 3.8) is 0 Å². The van der Waals surface area contributed by atoms with Gasteiger partial charge in [-0.1, -0.05) is 6.92 Å². The Bertz CT molecular complexity index is 283. The van der Waals surface area contributed by atoms with Gasteiger partial charge in [-0.2, -0.15) is 0 Å². The first-order valence-electron chi connectivity index (χ1n) is 8.03. The lowest BCUT2D eigenvalue weighted by molar-refractivity contribution is -0.149. The number of carbonyl (C=O) groups is 1. The number of hydrogen-bond donors (Lipinski definition) is 1. The van der Waals surface area contributed by atoms with Crippen molar-refractivity contribution >= 4 is 5.97 Å². The normalized spacial score (nSPS) is 26.0. The first kappa shape index (κ1) is 17.4. The number of hydrogen-bond acceptors (Lipinski definition) is 4. The minimum absolute atomic E-state index is 0.304. The van der Waals surface area contributed by atoms with Crippen LogP contribution in [0.3, 0.4) is 0 Å². The van der Waals surface area contributed by atoms with Gasteiger partial charge in [0.25, 0.3) is 0 Å². The van der Waals surface area contributed by atoms with E-state index >= 15 is 0 Å². The van der Waals surface area contributed by atoms with Crippen molar-refractivity contribution in [2.75, 3.05) is 13.2 Å². The summed E-state index contributed by atoms with van der Waals surface area (Å²) in [4.78, 5) is 11.6. The van der Waals surface area contributed by atoms with Gasteiger partial charge in [0, 0.05) is 6.61 Å². The van der Waals surface area contributed by atoms with Gasteiger partial charge in [0.15, 0.2) is 0 Å². The van der Waals surface area contributed by atoms with E-state index in [4.69, 9.17) is 15.2 Å². The molecule has 0 heterocycles. The number of carbonyl (C=O) groups excluding carboxylic acids is 1. The smallest absolute Gasteiger partial charge is 0.325 e. The van der Waals surface area contributed by atoms with Crippen LogP contribution in [0.4, 0.5) is 0 Å². The van der Waals surface area contributed by atoms with Crippen molar-refractivity contribution < 1.29 is 14.3 Å². The average Bonchev–Trinajstić information content (AvgIpc) is 2.40. The van der Waals surface area contributed by atoms with Crippen molar-refractivity contribution in [1.29, 1.82) is 0 Å². The molecule has 20 heavy (non-hydrogen) atoms. The Balaban J connectivity index is 2.08. The molecule has 4 heteroatoms. The molecule has 1 unspecified atom stereocenters. The van der Waals surface area contributed by atoms with Gasteiger partial charge in [-0.25, -0.2) is 0 Å². The Kier molecular flexibility index (Phi) is 7.52. The molecule has 0 amide bonds. The van der Waals surface area contributed by atoms with Crippen LogP contribution in [0.1, 0.15) is 65.7 Å². The van der Waals surface area contributed by atoms with E-state index in [1.165, 1.54) is 25.7 Å². The summed E-state index contributed by atoms with van der Waals surface area (Å²) in [6, 6.07) is 0. The van der Waals surface area contributed by atoms with Gasteiger partial charge in [0.2, 0.25) is 0 Å². The van der Waals surface area contributed by atoms with Gasteiger partial charge in [-0.05, 0) is 64.7 Å². The molecule has 0 bridgehead atoms. The third-order valence-corrected chi connectivity index (χ3v) is 4.15. The summed E-state index contributed by atoms with van der Waals surface area (Å²) in [7, 11) is 0. The zero-order valence-corrected chi connectivity index (χ0v) is 13.3. The molecule has 1 fully saturated rings. The molecule has 0 radical (unpaired) electrons. The molecule has 0 aromatic rings. The Labute approximate surface area is 123 Å². The highest BCUT2D eigenvalue weighted by Gasteiger charge is 2.29. The van der Waals surface area contributed by atoms with Crippen molar-refractivity contribution in [1.82, 2.24) is 0 Å². The number of rotatable bonds is 8. The molecule has 0 aliphatic heterocycles. The van der Waals surface area contributed by atoms with E-state index in [1.807, 2.05) is 0 Å². The Hall–Kier alpha value is -0.610. The molecule has 0 aromatic carbocycles. The molecular formula is C16H31NO3. The maximum Gasteiger partial charge on any atom is 0.325 e. The van der Waals surface area contributed by atoms with E-state index in [1.54, 1.807) is 13.8 Å². The van der Waals surface area contributed by atoms with Gasteiger partial charge in [0.1, 0.15) is 5.54 Å². The van der Waals surface area contributed by atoms with E-state index in [-0.39, 0.29) is 5.97 Å². The van der Waals surface area contributed by atoms with Gasteiger partial charge < -0.3 is 15.2 Å². The average molecular weight is 285 g/mol. The maximum atomic E-state index is 11.6. The van der Waals surface area contributed by atoms with Crippen molar-refractivity contribution in [2.45, 2.75) is 77.4 Å². The van der Waals surface area contributed by atoms with Gasteiger partial charge in [-0.15, -0.1) is 0 Å². The minimum Gasteiger partial charge on any atom is -0.465 e. The van der Waals surface area contributed by atoms with Crippen LogP contribution in [0.2, 0.25) is 0 Å². The van der Waals surface area contributed by atoms with Crippen LogP contribution >= 0.6 is 0 Å². The lowest BCUT2D eigenvalue weighted by atomic mass is 9.89. The maximum absolute atomic E-state index is 11.6. The van der Waals surface area contributed by atoms with E-state index in [2.05, 4.69) is 6.92 Å². The van der Waals surface area contributed by atoms with Gasteiger partial charge in [-0.3, -0.25) is 4.79 Å². The Morgan fingerprint density at radius 3 is 2.50 bits per heavy atom. The summed E-state index contributed by atoms with van der Waals surface area (Å²) in [6.45, 7) is 7.02. The van der Waals surface area contributed by atoms with Gasteiger partial charge >= 0.3 is 5.97 Å². The second-order valence-corrected chi connectivity index (χ2v) is 6.35. The highest BCUT2D eigenvalue weighted by molar-refractivity contribution is 5.79. The lowest BCUT2D eigenvalue weighted by Crippen LogP contribution is -2.46. The van der Waals surface area contributed by atoms with Gasteiger partial charge in [0.05, 0.1) is 12.7 Å². The summed E-state index contributed by atoms with van der Waals surface area (Å²) in [5.74, 6) is 0.555. The number of ether oxygens (including phenoxy) is 2. The fourth-order valence-electron chi connectivity index (χ4n) is 2.64. The quantitative estimate of drug-likeness (QED) is 0.550. The van der Waals surface area contributed by atoms with Crippen LogP contribution < -0.4 is 5.73 Å². The zero-order valence-electron chi connectivity index (χ0n) is 13.3. The topological polar surface area (TPSA) is 61.5 Å². The zero-order chi connectivity index (χ0) is 15.0. The second-order valence-electron chi connectivity index (χ2n) is 6.35. The van der Waals surface area contributed by atoms with Crippen LogP contribution in [0.25, 0.3) is 0 Å². The Morgan fingerprint density at radius 2 is 1.90 bits per heavy atom. The number of esters is 1. The molecule has 0 spiro atoms. The predicted molar refractivity (Wildman–Crippen MR) is 80.4 cm³/mol. The highest BCUT2D eigenvalue weighted by Crippen LogP contribution is 2.25. The molecule has 1 aliphatic carbocycles. The SMILES string of the molecule is CCOC(=O)C(C)(N)CCCCOC1CCC(C)CC1. The van der Waals surface area contributed by atoms with Crippen LogP contribution in [0.5, 0.6) is 0 Å². The fraction of sp³-hybridized carbons (Fsp3) is 0.938. The third-order valence-electron chi connectivity index (χ3n) is 4.15. The number of nitrogens with two attached hydrogens (primary N) is 1. The molecule has 1 rings (SSSR count). The fourth-order valence-corrected chi connectivity index (χ4v) is 2.64. The summed E-state index contributed by atoms with van der Waals surface area (Å²) >= 11 is 0. The third kappa shape index (κ3) is 6.23. The predicted octanol–water partition coefficient (Wildman–Crippen LogP) is 3.03. The van der Waals surface area contributed by atoms with E-state index in [9.17, 15) is 4.79 Å². The molecule has 0 aromatic heterocycles. The molecule has 2 N–H and O–H groups in total. The van der Waals surface area contributed by atoms with Crippen LogP contribution in [-0.2, 0) is 14.3 Å². The monoisotopic (exact) mass is 285 g/mol. The van der Waals surface area contributed by atoms with Crippen molar-refractivity contribution in [3.05, 3.63) is 0 Å². The first-order chi connectivity index (χ1) is 9.45. The summed E-state index contributed by atoms with van der Waals surface area (Å²) < 4.78 is 10.9. The molecule has 1 aliphatic rings. The highest BCUT2D eigenvalue weighted by atomic mass is 16.5. The Morgan fingerprint density at radius 1 is 1.25 bits per heavy atom. The first-order valence-corrected chi connectivity index (χ1v) is 8.03. The lowest BCUT2D eigenvalue weighted by Gasteiger charge is -2.26. The van der Waals surface area contributed by atoms with Crippen LogP contribution in [-0.4, -0.2) is 30.8 Å². The van der Waals surface area contributed by atoms with Crippen LogP contribution in [0, 0.1) is 5.92 Å². The molecule has 1 saturated carbocycles. The second kappa shape index (κ2) is 8.63. The molecule has 118 valence electrons. The summed E-state index contributed by atoms with van der Waals surface area (Å²) in [5, 5.41) is 0. The largest absolute Gasteiger partial charge is 0.465 e. The number of unbranched alkanes of at least 4 members (excludes halogenated alkanes) is 1. The summed E-state index contributed by atoms with van der Waals surface area (Å²) in [5.41, 5.74) is 5.11. The van der Waals surface area contributed by atoms with Crippen molar-refractivity contribution in [2.24, 2.45) is 11.7 Å². The minimum atomic E-state index is -0.865. The van der Waals surface area contributed by atoms with Crippen LogP contribution in [0.15, 0.2) is 0 Å². The van der Waals surface area contributed by atoms with E-state index < -0.39 is 5.54 Å². The summed E-state index contributed by atoms with van der Waals surface area (Å²) in [6.07, 6.45) is 7.91. The standard InChI is InChI=1S/C16H31NO3/c1-4-19-15(18)16(3,17)11-5-6-12-20-14-9-7-13(2)8-10-14/h13-14H,4-12,17H2,1-3H3. The van der Waals surface area contributed by atoms with Crippen molar-refractivity contribution in [3.8, 4) is 0 Å². The van der Waals surface area contributed by atoms with E-state index in [0.29, 0.717) is 19.1 Å². The molecule has 1 atom stereocenters. The molecule has 0 saturated heterocycles. The molecule has 4 nitrogen and oxygen atoms in total.